The zero-order valence-corrected chi connectivity index (χ0v) is 12.3. The van der Waals surface area contributed by atoms with Crippen LogP contribution in [0.2, 0.25) is 0 Å². The molecular weight excluding hydrogens is 324 g/mol. The Hall–Kier alpha value is -1.66. The van der Waals surface area contributed by atoms with Crippen molar-refractivity contribution in [2.45, 2.75) is 0 Å². The summed E-state index contributed by atoms with van der Waals surface area (Å²) in [7, 11) is 0. The molecule has 20 heavy (non-hydrogen) atoms. The van der Waals surface area contributed by atoms with Crippen molar-refractivity contribution in [1.29, 1.82) is 0 Å². The summed E-state index contributed by atoms with van der Waals surface area (Å²) in [6.45, 7) is 2.85. The molecule has 5 nitrogen and oxygen atoms in total. The first-order chi connectivity index (χ1) is 9.74. The van der Waals surface area contributed by atoms with Crippen LogP contribution in [0.5, 0.6) is 0 Å². The van der Waals surface area contributed by atoms with Gasteiger partial charge in [-0.05, 0) is 28.1 Å². The second-order valence-electron chi connectivity index (χ2n) is 4.45. The van der Waals surface area contributed by atoms with Crippen molar-refractivity contribution in [3.05, 3.63) is 46.2 Å². The van der Waals surface area contributed by atoms with Crippen LogP contribution in [0.15, 0.2) is 45.6 Å². The van der Waals surface area contributed by atoms with E-state index in [2.05, 4.69) is 20.9 Å². The highest BCUT2D eigenvalue weighted by molar-refractivity contribution is 9.10. The fourth-order valence-corrected chi connectivity index (χ4v) is 2.48. The predicted octanol–water partition coefficient (Wildman–Crippen LogP) is 1.93. The van der Waals surface area contributed by atoms with Crippen LogP contribution in [0.1, 0.15) is 5.56 Å². The maximum Gasteiger partial charge on any atom is 0.365 e. The normalized spacial score (nSPS) is 21.1. The Morgan fingerprint density at radius 2 is 2.00 bits per heavy atom. The Morgan fingerprint density at radius 3 is 2.75 bits per heavy atom. The molecular formula is C14H13BrN2O3. The molecule has 2 aliphatic heterocycles. The van der Waals surface area contributed by atoms with Gasteiger partial charge in [0.2, 0.25) is 5.90 Å². The monoisotopic (exact) mass is 336 g/mol. The van der Waals surface area contributed by atoms with Gasteiger partial charge in [-0.15, -0.1) is 0 Å². The van der Waals surface area contributed by atoms with Gasteiger partial charge < -0.3 is 14.4 Å². The second-order valence-corrected chi connectivity index (χ2v) is 5.30. The summed E-state index contributed by atoms with van der Waals surface area (Å²) in [5.41, 5.74) is 1.10. The molecule has 1 aromatic rings. The molecule has 0 saturated carbocycles. The van der Waals surface area contributed by atoms with E-state index in [4.69, 9.17) is 9.47 Å². The summed E-state index contributed by atoms with van der Waals surface area (Å²) in [5.74, 6) is -0.0794. The van der Waals surface area contributed by atoms with Gasteiger partial charge in [0, 0.05) is 23.8 Å². The van der Waals surface area contributed by atoms with Gasteiger partial charge in [-0.25, -0.2) is 9.79 Å². The van der Waals surface area contributed by atoms with E-state index in [9.17, 15) is 4.79 Å². The highest BCUT2D eigenvalue weighted by Gasteiger charge is 2.26. The summed E-state index contributed by atoms with van der Waals surface area (Å²) in [4.78, 5) is 18.2. The van der Waals surface area contributed by atoms with Crippen LogP contribution in [0.3, 0.4) is 0 Å². The molecule has 1 fully saturated rings. The summed E-state index contributed by atoms with van der Waals surface area (Å²) < 4.78 is 11.4. The SMILES string of the molecule is O=C1OC(c2ccccc2Br)=N/C1=C\N1CCOCC1. The third-order valence-electron chi connectivity index (χ3n) is 3.08. The molecule has 104 valence electrons. The highest BCUT2D eigenvalue weighted by atomic mass is 79.9. The van der Waals surface area contributed by atoms with E-state index in [-0.39, 0.29) is 0 Å². The maximum atomic E-state index is 11.9. The summed E-state index contributed by atoms with van der Waals surface area (Å²) in [5, 5.41) is 0. The molecule has 0 atom stereocenters. The smallest absolute Gasteiger partial charge is 0.365 e. The van der Waals surface area contributed by atoms with Gasteiger partial charge in [-0.2, -0.15) is 0 Å². The number of benzene rings is 1. The highest BCUT2D eigenvalue weighted by Crippen LogP contribution is 2.23. The first-order valence-electron chi connectivity index (χ1n) is 6.33. The van der Waals surface area contributed by atoms with Crippen LogP contribution in [-0.4, -0.2) is 43.1 Å². The van der Waals surface area contributed by atoms with Gasteiger partial charge in [0.25, 0.3) is 0 Å². The molecule has 0 unspecified atom stereocenters. The lowest BCUT2D eigenvalue weighted by atomic mass is 10.2. The Balaban J connectivity index is 1.85. The van der Waals surface area contributed by atoms with Crippen LogP contribution in [0.25, 0.3) is 0 Å². The molecule has 0 bridgehead atoms. The molecule has 3 rings (SSSR count). The second kappa shape index (κ2) is 5.76. The average Bonchev–Trinajstić information content (AvgIpc) is 2.81. The van der Waals surface area contributed by atoms with Crippen molar-refractivity contribution in [2.75, 3.05) is 26.3 Å². The first-order valence-corrected chi connectivity index (χ1v) is 7.13. The molecule has 0 amide bonds. The molecule has 0 aliphatic carbocycles. The Morgan fingerprint density at radius 1 is 1.25 bits per heavy atom. The average molecular weight is 337 g/mol. The lowest BCUT2D eigenvalue weighted by Crippen LogP contribution is -2.32. The number of ether oxygens (including phenoxy) is 2. The zero-order chi connectivity index (χ0) is 13.9. The Kier molecular flexibility index (Phi) is 3.84. The molecule has 0 spiro atoms. The number of halogens is 1. The predicted molar refractivity (Wildman–Crippen MR) is 77.2 cm³/mol. The summed E-state index contributed by atoms with van der Waals surface area (Å²) >= 11 is 3.43. The summed E-state index contributed by atoms with van der Waals surface area (Å²) in [6, 6.07) is 7.51. The molecule has 2 heterocycles. The van der Waals surface area contributed by atoms with E-state index < -0.39 is 5.97 Å². The van der Waals surface area contributed by atoms with Crippen molar-refractivity contribution in [3.63, 3.8) is 0 Å². The van der Waals surface area contributed by atoms with Crippen LogP contribution in [-0.2, 0) is 14.3 Å². The molecule has 2 aliphatic rings. The third-order valence-corrected chi connectivity index (χ3v) is 3.77. The van der Waals surface area contributed by atoms with E-state index in [1.54, 1.807) is 6.20 Å². The number of cyclic esters (lactones) is 1. The van der Waals surface area contributed by atoms with Gasteiger partial charge >= 0.3 is 5.97 Å². The number of carbonyl (C=O) groups excluding carboxylic acids is 1. The standard InChI is InChI=1S/C14H13BrN2O3/c15-11-4-2-1-3-10(11)13-16-12(14(18)20-13)9-17-5-7-19-8-6-17/h1-4,9H,5-8H2/b12-9-. The minimum Gasteiger partial charge on any atom is -0.402 e. The number of rotatable bonds is 2. The molecule has 1 saturated heterocycles. The minimum atomic E-state index is -0.415. The largest absolute Gasteiger partial charge is 0.402 e. The van der Waals surface area contributed by atoms with Crippen LogP contribution in [0.4, 0.5) is 0 Å². The van der Waals surface area contributed by atoms with Gasteiger partial charge in [-0.3, -0.25) is 0 Å². The number of nitrogens with zero attached hydrogens (tertiary/aromatic N) is 2. The van der Waals surface area contributed by atoms with Crippen LogP contribution in [0, 0.1) is 0 Å². The third kappa shape index (κ3) is 2.76. The molecule has 0 radical (unpaired) electrons. The minimum absolute atomic E-state index is 0.331. The fraction of sp³-hybridized carbons (Fsp3) is 0.286. The van der Waals surface area contributed by atoms with E-state index >= 15 is 0 Å². The van der Waals surface area contributed by atoms with Gasteiger partial charge in [0.1, 0.15) is 0 Å². The first kappa shape index (κ1) is 13.3. The van der Waals surface area contributed by atoms with Crippen molar-refractivity contribution in [2.24, 2.45) is 4.99 Å². The number of hydrogen-bond acceptors (Lipinski definition) is 5. The number of hydrogen-bond donors (Lipinski definition) is 0. The van der Waals surface area contributed by atoms with Crippen molar-refractivity contribution in [1.82, 2.24) is 4.90 Å². The maximum absolute atomic E-state index is 11.9. The zero-order valence-electron chi connectivity index (χ0n) is 10.7. The summed E-state index contributed by atoms with van der Waals surface area (Å²) in [6.07, 6.45) is 1.74. The Labute approximate surface area is 125 Å². The fourth-order valence-electron chi connectivity index (χ4n) is 2.03. The van der Waals surface area contributed by atoms with Crippen molar-refractivity contribution in [3.8, 4) is 0 Å². The molecule has 6 heteroatoms. The van der Waals surface area contributed by atoms with E-state index in [1.165, 1.54) is 0 Å². The van der Waals surface area contributed by atoms with E-state index in [0.717, 1.165) is 23.1 Å². The van der Waals surface area contributed by atoms with Gasteiger partial charge in [0.15, 0.2) is 5.70 Å². The lowest BCUT2D eigenvalue weighted by molar-refractivity contribution is -0.130. The van der Waals surface area contributed by atoms with Crippen molar-refractivity contribution >= 4 is 27.8 Å². The van der Waals surface area contributed by atoms with Crippen LogP contribution >= 0.6 is 15.9 Å². The van der Waals surface area contributed by atoms with Gasteiger partial charge in [0.05, 0.1) is 18.8 Å². The Bertz CT molecular complexity index is 592. The number of esters is 1. The van der Waals surface area contributed by atoms with Crippen LogP contribution < -0.4 is 0 Å². The van der Waals surface area contributed by atoms with E-state index in [1.807, 2.05) is 29.2 Å². The number of carbonyl (C=O) groups is 1. The topological polar surface area (TPSA) is 51.1 Å². The van der Waals surface area contributed by atoms with E-state index in [0.29, 0.717) is 24.8 Å². The number of morpholine rings is 1. The number of aliphatic imine (C=N–C) groups is 1. The molecule has 0 aromatic heterocycles. The lowest BCUT2D eigenvalue weighted by Gasteiger charge is -2.24. The van der Waals surface area contributed by atoms with Crippen molar-refractivity contribution < 1.29 is 14.3 Å². The van der Waals surface area contributed by atoms with Gasteiger partial charge in [-0.1, -0.05) is 12.1 Å². The molecule has 1 aromatic carbocycles. The quantitative estimate of drug-likeness (QED) is 0.611. The molecule has 0 N–H and O–H groups in total.